The number of alkyl halides is 3. The van der Waals surface area contributed by atoms with Crippen LogP contribution in [0.1, 0.15) is 16.7 Å². The van der Waals surface area contributed by atoms with Crippen molar-refractivity contribution in [2.24, 2.45) is 11.7 Å². The lowest BCUT2D eigenvalue weighted by molar-refractivity contribution is -0.139. The molecule has 0 radical (unpaired) electrons. The van der Waals surface area contributed by atoms with E-state index in [1.807, 2.05) is 5.43 Å². The summed E-state index contributed by atoms with van der Waals surface area (Å²) >= 11 is 3.02. The standard InChI is InChI=1S/C16H16BrF3N4O2/c1-9-3-2-4-13(24(22)15(25)23-21)11(9)8-26-14-6-5-10(17)7-12(14)16(18,19)20/h2-7H,8,21-22H2,1H3,(H,23,25). The van der Waals surface area contributed by atoms with E-state index < -0.39 is 17.8 Å². The number of benzene rings is 2. The van der Waals surface area contributed by atoms with Crippen molar-refractivity contribution in [2.75, 3.05) is 5.01 Å². The maximum absolute atomic E-state index is 13.2. The van der Waals surface area contributed by atoms with Crippen LogP contribution in [0.15, 0.2) is 40.9 Å². The summed E-state index contributed by atoms with van der Waals surface area (Å²) in [5.41, 5.74) is 2.38. The van der Waals surface area contributed by atoms with Gasteiger partial charge in [-0.25, -0.2) is 21.5 Å². The Balaban J connectivity index is 2.35. The molecule has 0 heterocycles. The largest absolute Gasteiger partial charge is 0.488 e. The monoisotopic (exact) mass is 432 g/mol. The number of halogens is 4. The van der Waals surface area contributed by atoms with Gasteiger partial charge in [0.2, 0.25) is 0 Å². The maximum atomic E-state index is 13.2. The summed E-state index contributed by atoms with van der Waals surface area (Å²) in [4.78, 5) is 11.6. The molecule has 0 bridgehead atoms. The van der Waals surface area contributed by atoms with Gasteiger partial charge < -0.3 is 4.74 Å². The third kappa shape index (κ3) is 4.45. The number of anilines is 1. The first-order valence-electron chi connectivity index (χ1n) is 7.28. The molecule has 0 aliphatic heterocycles. The SMILES string of the molecule is Cc1cccc(N(N)C(=O)NN)c1COc1ccc(Br)cc1C(F)(F)F. The molecule has 2 amide bonds. The number of aryl methyl sites for hydroxylation is 1. The summed E-state index contributed by atoms with van der Waals surface area (Å²) in [6.45, 7) is 1.50. The molecule has 0 fully saturated rings. The van der Waals surface area contributed by atoms with Crippen LogP contribution in [0.2, 0.25) is 0 Å². The van der Waals surface area contributed by atoms with Gasteiger partial charge in [0, 0.05) is 10.0 Å². The van der Waals surface area contributed by atoms with Crippen LogP contribution in [0, 0.1) is 6.92 Å². The van der Waals surface area contributed by atoms with Gasteiger partial charge in [-0.2, -0.15) is 13.2 Å². The van der Waals surface area contributed by atoms with Crippen LogP contribution >= 0.6 is 15.9 Å². The second-order valence-corrected chi connectivity index (χ2v) is 6.23. The molecular formula is C16H16BrF3N4O2. The number of carbonyl (C=O) groups is 1. The molecule has 2 aromatic carbocycles. The number of hydrogen-bond donors (Lipinski definition) is 3. The smallest absolute Gasteiger partial charge is 0.420 e. The van der Waals surface area contributed by atoms with Gasteiger partial charge in [-0.3, -0.25) is 5.43 Å². The van der Waals surface area contributed by atoms with Crippen molar-refractivity contribution in [3.63, 3.8) is 0 Å². The molecule has 2 aromatic rings. The van der Waals surface area contributed by atoms with E-state index in [2.05, 4.69) is 15.9 Å². The summed E-state index contributed by atoms with van der Waals surface area (Å²) in [5.74, 6) is 10.4. The number of nitrogens with two attached hydrogens (primary N) is 2. The van der Waals surface area contributed by atoms with Crippen LogP contribution < -0.4 is 26.9 Å². The van der Waals surface area contributed by atoms with Gasteiger partial charge in [0.05, 0.1) is 11.3 Å². The van der Waals surface area contributed by atoms with Crippen LogP contribution in [0.4, 0.5) is 23.7 Å². The maximum Gasteiger partial charge on any atom is 0.420 e. The van der Waals surface area contributed by atoms with E-state index >= 15 is 0 Å². The van der Waals surface area contributed by atoms with Crippen molar-refractivity contribution < 1.29 is 22.7 Å². The van der Waals surface area contributed by atoms with Gasteiger partial charge in [0.15, 0.2) is 0 Å². The normalized spacial score (nSPS) is 11.2. The lowest BCUT2D eigenvalue weighted by atomic mass is 10.1. The molecular weight excluding hydrogens is 417 g/mol. The Labute approximate surface area is 156 Å². The number of hydrazine groups is 2. The zero-order valence-electron chi connectivity index (χ0n) is 13.6. The number of urea groups is 1. The Hall–Kier alpha value is -2.30. The zero-order chi connectivity index (χ0) is 19.5. The minimum Gasteiger partial charge on any atom is -0.488 e. The summed E-state index contributed by atoms with van der Waals surface area (Å²) in [5, 5.41) is 0.762. The molecule has 2 rings (SSSR count). The highest BCUT2D eigenvalue weighted by molar-refractivity contribution is 9.10. The first kappa shape index (κ1) is 20.0. The van der Waals surface area contributed by atoms with Gasteiger partial charge in [0.25, 0.3) is 0 Å². The molecule has 0 atom stereocenters. The number of nitrogens with one attached hydrogen (secondary N) is 1. The quantitative estimate of drug-likeness (QED) is 0.390. The van der Waals surface area contributed by atoms with E-state index in [0.29, 0.717) is 11.1 Å². The Morgan fingerprint density at radius 2 is 2.00 bits per heavy atom. The number of amides is 2. The number of hydrogen-bond acceptors (Lipinski definition) is 4. The van der Waals surface area contributed by atoms with Crippen LogP contribution in [0.3, 0.4) is 0 Å². The molecule has 0 saturated heterocycles. The van der Waals surface area contributed by atoms with Crippen LogP contribution in [-0.4, -0.2) is 6.03 Å². The number of rotatable bonds is 4. The molecule has 0 spiro atoms. The van der Waals surface area contributed by atoms with Crippen LogP contribution in [0.5, 0.6) is 5.75 Å². The van der Waals surface area contributed by atoms with Crippen molar-refractivity contribution in [1.82, 2.24) is 5.43 Å². The number of nitrogens with zero attached hydrogens (tertiary/aromatic N) is 1. The average Bonchev–Trinajstić information content (AvgIpc) is 2.59. The Bertz CT molecular complexity index is 815. The van der Waals surface area contributed by atoms with Crippen molar-refractivity contribution in [2.45, 2.75) is 19.7 Å². The van der Waals surface area contributed by atoms with Gasteiger partial charge in [-0.1, -0.05) is 28.1 Å². The first-order chi connectivity index (χ1) is 12.1. The van der Waals surface area contributed by atoms with Gasteiger partial charge in [-0.05, 0) is 36.8 Å². The lowest BCUT2D eigenvalue weighted by Gasteiger charge is -2.21. The second-order valence-electron chi connectivity index (χ2n) is 5.32. The Kier molecular flexibility index (Phi) is 6.11. The number of carbonyl (C=O) groups excluding carboxylic acids is 1. The summed E-state index contributed by atoms with van der Waals surface area (Å²) in [7, 11) is 0. The van der Waals surface area contributed by atoms with Crippen molar-refractivity contribution in [3.05, 3.63) is 57.6 Å². The molecule has 6 nitrogen and oxygen atoms in total. The highest BCUT2D eigenvalue weighted by Gasteiger charge is 2.34. The molecule has 0 aromatic heterocycles. The zero-order valence-corrected chi connectivity index (χ0v) is 15.2. The molecule has 10 heteroatoms. The molecule has 140 valence electrons. The first-order valence-corrected chi connectivity index (χ1v) is 8.08. The van der Waals surface area contributed by atoms with Gasteiger partial charge in [0.1, 0.15) is 12.4 Å². The lowest BCUT2D eigenvalue weighted by Crippen LogP contribution is -2.48. The van der Waals surface area contributed by atoms with Gasteiger partial charge >= 0.3 is 12.2 Å². The van der Waals surface area contributed by atoms with E-state index in [4.69, 9.17) is 16.4 Å². The average molecular weight is 433 g/mol. The molecule has 0 unspecified atom stereocenters. The molecule has 0 saturated carbocycles. The second kappa shape index (κ2) is 7.94. The molecule has 26 heavy (non-hydrogen) atoms. The summed E-state index contributed by atoms with van der Waals surface area (Å²) in [6, 6.07) is 7.73. The Morgan fingerprint density at radius 3 is 2.62 bits per heavy atom. The molecule has 5 N–H and O–H groups in total. The van der Waals surface area contributed by atoms with Crippen molar-refractivity contribution in [3.8, 4) is 5.75 Å². The van der Waals surface area contributed by atoms with E-state index in [-0.39, 0.29) is 22.5 Å². The van der Waals surface area contributed by atoms with Crippen LogP contribution in [-0.2, 0) is 12.8 Å². The van der Waals surface area contributed by atoms with Crippen molar-refractivity contribution >= 4 is 27.6 Å². The fourth-order valence-corrected chi connectivity index (χ4v) is 2.64. The highest BCUT2D eigenvalue weighted by atomic mass is 79.9. The van der Waals surface area contributed by atoms with Gasteiger partial charge in [-0.15, -0.1) is 0 Å². The minimum atomic E-state index is -4.58. The highest BCUT2D eigenvalue weighted by Crippen LogP contribution is 2.38. The topological polar surface area (TPSA) is 93.6 Å². The summed E-state index contributed by atoms with van der Waals surface area (Å²) < 4.78 is 45.3. The van der Waals surface area contributed by atoms with E-state index in [1.54, 1.807) is 19.1 Å². The predicted octanol–water partition coefficient (Wildman–Crippen LogP) is 3.62. The van der Waals surface area contributed by atoms with Crippen LogP contribution in [0.25, 0.3) is 0 Å². The third-order valence-electron chi connectivity index (χ3n) is 3.61. The van der Waals surface area contributed by atoms with E-state index in [1.165, 1.54) is 18.2 Å². The summed E-state index contributed by atoms with van der Waals surface area (Å²) in [6.07, 6.45) is -4.58. The Morgan fingerprint density at radius 1 is 1.31 bits per heavy atom. The van der Waals surface area contributed by atoms with Crippen molar-refractivity contribution in [1.29, 1.82) is 0 Å². The third-order valence-corrected chi connectivity index (χ3v) is 4.10. The fraction of sp³-hybridized carbons (Fsp3) is 0.188. The predicted molar refractivity (Wildman–Crippen MR) is 94.0 cm³/mol. The molecule has 0 aliphatic rings. The fourth-order valence-electron chi connectivity index (χ4n) is 2.28. The van der Waals surface area contributed by atoms with E-state index in [0.717, 1.165) is 11.1 Å². The van der Waals surface area contributed by atoms with E-state index in [9.17, 15) is 18.0 Å². The number of ether oxygens (including phenoxy) is 1. The minimum absolute atomic E-state index is 0.224. The molecule has 0 aliphatic carbocycles.